The number of sulfonamides is 1. The molecule has 0 saturated carbocycles. The number of ether oxygens (including phenoxy) is 1. The highest BCUT2D eigenvalue weighted by Crippen LogP contribution is 2.25. The highest BCUT2D eigenvalue weighted by Gasteiger charge is 2.21. The standard InChI is InChI=1S/C10H10ClF2NO3S/c1-6(4-11)5-17-7-2-3-8(18(14,15)16)10(13)9(7)12/h2-4H,5H2,1H3,(H2,14,15,16)/b6-4-. The van der Waals surface area contributed by atoms with Crippen LogP contribution in [-0.4, -0.2) is 15.0 Å². The molecule has 8 heteroatoms. The van der Waals surface area contributed by atoms with Gasteiger partial charge in [0, 0.05) is 5.54 Å². The van der Waals surface area contributed by atoms with Gasteiger partial charge in [0.1, 0.15) is 11.5 Å². The van der Waals surface area contributed by atoms with Crippen molar-refractivity contribution < 1.29 is 21.9 Å². The third-order valence-electron chi connectivity index (χ3n) is 1.96. The summed E-state index contributed by atoms with van der Waals surface area (Å²) in [5.41, 5.74) is 1.82. The quantitative estimate of drug-likeness (QED) is 0.925. The lowest BCUT2D eigenvalue weighted by Crippen LogP contribution is -2.15. The van der Waals surface area contributed by atoms with E-state index in [1.165, 1.54) is 5.54 Å². The van der Waals surface area contributed by atoms with Crippen LogP contribution in [0.5, 0.6) is 5.75 Å². The van der Waals surface area contributed by atoms with Crippen LogP contribution in [0.2, 0.25) is 0 Å². The molecule has 0 spiro atoms. The van der Waals surface area contributed by atoms with Gasteiger partial charge in [-0.15, -0.1) is 0 Å². The van der Waals surface area contributed by atoms with E-state index in [2.05, 4.69) is 0 Å². The van der Waals surface area contributed by atoms with Gasteiger partial charge in [-0.2, -0.15) is 4.39 Å². The van der Waals surface area contributed by atoms with Crippen LogP contribution >= 0.6 is 11.6 Å². The first-order valence-corrected chi connectivity index (χ1v) is 6.65. The minimum absolute atomic E-state index is 0.0470. The average molecular weight is 298 g/mol. The van der Waals surface area contributed by atoms with Gasteiger partial charge in [-0.1, -0.05) is 11.6 Å². The van der Waals surface area contributed by atoms with Crippen molar-refractivity contribution in [2.75, 3.05) is 6.61 Å². The van der Waals surface area contributed by atoms with E-state index in [1.807, 2.05) is 0 Å². The van der Waals surface area contributed by atoms with Gasteiger partial charge >= 0.3 is 0 Å². The van der Waals surface area contributed by atoms with Gasteiger partial charge in [0.25, 0.3) is 0 Å². The Bertz CT molecular complexity index is 587. The molecule has 0 aliphatic heterocycles. The Morgan fingerprint density at radius 3 is 2.56 bits per heavy atom. The number of hydrogen-bond donors (Lipinski definition) is 1. The van der Waals surface area contributed by atoms with E-state index in [0.717, 1.165) is 12.1 Å². The zero-order chi connectivity index (χ0) is 13.9. The second-order valence-corrected chi connectivity index (χ2v) is 5.23. The van der Waals surface area contributed by atoms with E-state index >= 15 is 0 Å². The highest BCUT2D eigenvalue weighted by molar-refractivity contribution is 7.89. The second-order valence-electron chi connectivity index (χ2n) is 3.48. The molecule has 0 bridgehead atoms. The molecule has 100 valence electrons. The summed E-state index contributed by atoms with van der Waals surface area (Å²) in [6, 6.07) is 1.82. The number of primary sulfonamides is 1. The first-order chi connectivity index (χ1) is 8.27. The molecule has 0 amide bonds. The summed E-state index contributed by atoms with van der Waals surface area (Å²) in [5, 5.41) is 4.72. The van der Waals surface area contributed by atoms with Crippen molar-refractivity contribution in [3.63, 3.8) is 0 Å². The van der Waals surface area contributed by atoms with Gasteiger partial charge in [0.2, 0.25) is 15.8 Å². The van der Waals surface area contributed by atoms with E-state index in [0.29, 0.717) is 5.57 Å². The monoisotopic (exact) mass is 297 g/mol. The topological polar surface area (TPSA) is 69.4 Å². The zero-order valence-electron chi connectivity index (χ0n) is 9.28. The summed E-state index contributed by atoms with van der Waals surface area (Å²) in [6.07, 6.45) is 0. The molecule has 0 heterocycles. The first-order valence-electron chi connectivity index (χ1n) is 4.67. The summed E-state index contributed by atoms with van der Waals surface area (Å²) < 4.78 is 53.7. The van der Waals surface area contributed by atoms with Gasteiger partial charge in [0.05, 0.1) is 0 Å². The van der Waals surface area contributed by atoms with Gasteiger partial charge in [-0.25, -0.2) is 17.9 Å². The number of hydrogen-bond acceptors (Lipinski definition) is 3. The molecule has 0 unspecified atom stereocenters. The lowest BCUT2D eigenvalue weighted by Gasteiger charge is -2.09. The van der Waals surface area contributed by atoms with E-state index in [9.17, 15) is 17.2 Å². The fourth-order valence-corrected chi connectivity index (χ4v) is 1.73. The van der Waals surface area contributed by atoms with Crippen molar-refractivity contribution in [3.8, 4) is 5.75 Å². The maximum absolute atomic E-state index is 13.5. The fraction of sp³-hybridized carbons (Fsp3) is 0.200. The Morgan fingerprint density at radius 2 is 2.06 bits per heavy atom. The molecule has 0 fully saturated rings. The van der Waals surface area contributed by atoms with Crippen molar-refractivity contribution >= 4 is 21.6 Å². The molecule has 0 atom stereocenters. The predicted octanol–water partition coefficient (Wildman–Crippen LogP) is 2.13. The largest absolute Gasteiger partial charge is 0.486 e. The SMILES string of the molecule is C/C(=C/Cl)COc1ccc(S(N)(=O)=O)c(F)c1F. The Morgan fingerprint density at radius 1 is 1.44 bits per heavy atom. The van der Waals surface area contributed by atoms with Gasteiger partial charge in [0.15, 0.2) is 11.6 Å². The summed E-state index contributed by atoms with van der Waals surface area (Å²) >= 11 is 5.37. The minimum Gasteiger partial charge on any atom is -0.486 e. The van der Waals surface area contributed by atoms with Gasteiger partial charge in [-0.05, 0) is 24.6 Å². The summed E-state index contributed by atoms with van der Waals surface area (Å²) in [6.45, 7) is 1.58. The van der Waals surface area contributed by atoms with Crippen molar-refractivity contribution in [3.05, 3.63) is 34.9 Å². The van der Waals surface area contributed by atoms with Crippen molar-refractivity contribution in [2.45, 2.75) is 11.8 Å². The van der Waals surface area contributed by atoms with E-state index in [4.69, 9.17) is 21.5 Å². The summed E-state index contributed by atoms with van der Waals surface area (Å²) in [4.78, 5) is -0.919. The highest BCUT2D eigenvalue weighted by atomic mass is 35.5. The van der Waals surface area contributed by atoms with Crippen LogP contribution in [0.4, 0.5) is 8.78 Å². The molecule has 0 saturated heterocycles. The second kappa shape index (κ2) is 5.64. The van der Waals surface area contributed by atoms with E-state index in [1.54, 1.807) is 6.92 Å². The Balaban J connectivity index is 3.09. The normalized spacial score (nSPS) is 12.6. The third kappa shape index (κ3) is 3.41. The van der Waals surface area contributed by atoms with Crippen LogP contribution < -0.4 is 9.88 Å². The average Bonchev–Trinajstić information content (AvgIpc) is 2.28. The lowest BCUT2D eigenvalue weighted by molar-refractivity contribution is 0.322. The molecule has 1 rings (SSSR count). The molecule has 1 aromatic carbocycles. The van der Waals surface area contributed by atoms with Crippen molar-refractivity contribution in [1.29, 1.82) is 0 Å². The molecule has 2 N–H and O–H groups in total. The molecule has 18 heavy (non-hydrogen) atoms. The lowest BCUT2D eigenvalue weighted by atomic mass is 10.3. The minimum atomic E-state index is -4.31. The summed E-state index contributed by atoms with van der Waals surface area (Å²) in [5.74, 6) is -3.40. The maximum atomic E-state index is 13.5. The van der Waals surface area contributed by atoms with Crippen LogP contribution in [0, 0.1) is 11.6 Å². The summed E-state index contributed by atoms with van der Waals surface area (Å²) in [7, 11) is -4.31. The predicted molar refractivity (Wildman–Crippen MR) is 62.8 cm³/mol. The van der Waals surface area contributed by atoms with Crippen LogP contribution in [0.15, 0.2) is 28.1 Å². The maximum Gasteiger partial charge on any atom is 0.241 e. The van der Waals surface area contributed by atoms with Crippen molar-refractivity contribution in [2.24, 2.45) is 5.14 Å². The van der Waals surface area contributed by atoms with E-state index in [-0.39, 0.29) is 6.61 Å². The molecule has 1 aromatic rings. The van der Waals surface area contributed by atoms with E-state index < -0.39 is 32.3 Å². The smallest absolute Gasteiger partial charge is 0.241 e. The molecule has 4 nitrogen and oxygen atoms in total. The Hall–Kier alpha value is -1.18. The fourth-order valence-electron chi connectivity index (χ4n) is 1.07. The molecular weight excluding hydrogens is 288 g/mol. The number of nitrogens with two attached hydrogens (primary N) is 1. The molecule has 0 aromatic heterocycles. The van der Waals surface area contributed by atoms with Crippen LogP contribution in [0.1, 0.15) is 6.92 Å². The number of benzene rings is 1. The molecule has 0 radical (unpaired) electrons. The van der Waals surface area contributed by atoms with Crippen LogP contribution in [0.3, 0.4) is 0 Å². The molecular formula is C10H10ClF2NO3S. The molecule has 0 aliphatic rings. The first kappa shape index (κ1) is 14.9. The molecule has 0 aliphatic carbocycles. The van der Waals surface area contributed by atoms with Crippen molar-refractivity contribution in [1.82, 2.24) is 0 Å². The number of halogens is 3. The number of rotatable bonds is 4. The van der Waals surface area contributed by atoms with Gasteiger partial charge in [-0.3, -0.25) is 0 Å². The Kier molecular flexibility index (Phi) is 4.66. The third-order valence-corrected chi connectivity index (χ3v) is 3.26. The van der Waals surface area contributed by atoms with Crippen LogP contribution in [0.25, 0.3) is 0 Å². The van der Waals surface area contributed by atoms with Gasteiger partial charge < -0.3 is 4.74 Å². The Labute approximate surface area is 108 Å². The zero-order valence-corrected chi connectivity index (χ0v) is 10.9. The van der Waals surface area contributed by atoms with Crippen LogP contribution in [-0.2, 0) is 10.0 Å².